The summed E-state index contributed by atoms with van der Waals surface area (Å²) < 4.78 is 50.1. The van der Waals surface area contributed by atoms with E-state index in [1.165, 1.54) is 11.3 Å². The average Bonchev–Trinajstić information content (AvgIpc) is 3.06. The van der Waals surface area contributed by atoms with Crippen molar-refractivity contribution in [2.45, 2.75) is 31.9 Å². The molecule has 10 heteroatoms. The van der Waals surface area contributed by atoms with E-state index < -0.39 is 12.1 Å². The molecule has 0 unspecified atom stereocenters. The fourth-order valence-electron chi connectivity index (χ4n) is 3.29. The third-order valence-electron chi connectivity index (χ3n) is 4.89. The number of carboxylic acid groups (broad SMARTS) is 1. The zero-order valence-corrected chi connectivity index (χ0v) is 19.5. The molecule has 1 aliphatic heterocycles. The first-order valence-electron chi connectivity index (χ1n) is 10.9. The van der Waals surface area contributed by atoms with Crippen LogP contribution >= 0.6 is 0 Å². The number of para-hydroxylation sites is 2. The number of benzene rings is 2. The summed E-state index contributed by atoms with van der Waals surface area (Å²) in [6, 6.07) is 17.5. The van der Waals surface area contributed by atoms with Crippen LogP contribution in [0.3, 0.4) is 0 Å². The Kier molecular flexibility index (Phi) is 10.4. The maximum absolute atomic E-state index is 11.7. The quantitative estimate of drug-likeness (QED) is 0.218. The Hall–Kier alpha value is -3.24. The molecular formula is C25H28F3NO6. The van der Waals surface area contributed by atoms with Crippen LogP contribution in [0.2, 0.25) is 0 Å². The van der Waals surface area contributed by atoms with Crippen molar-refractivity contribution in [3.8, 4) is 5.75 Å². The second kappa shape index (κ2) is 13.0. The van der Waals surface area contributed by atoms with E-state index in [0.29, 0.717) is 32.2 Å². The number of hydrogen-bond donors (Lipinski definition) is 0. The Morgan fingerprint density at radius 2 is 1.49 bits per heavy atom. The molecule has 0 aliphatic carbocycles. The van der Waals surface area contributed by atoms with Gasteiger partial charge in [-0.15, -0.1) is 0 Å². The number of ether oxygens (including phenoxy) is 3. The third kappa shape index (κ3) is 9.50. The van der Waals surface area contributed by atoms with E-state index in [-0.39, 0.29) is 17.8 Å². The second-order valence-corrected chi connectivity index (χ2v) is 8.11. The number of hydrogen-bond acceptors (Lipinski definition) is 6. The predicted octanol–water partition coefficient (Wildman–Crippen LogP) is 3.02. The lowest BCUT2D eigenvalue weighted by Gasteiger charge is -2.09. The van der Waals surface area contributed by atoms with Crippen molar-refractivity contribution in [1.29, 1.82) is 0 Å². The molecule has 35 heavy (non-hydrogen) atoms. The molecule has 0 atom stereocenters. The van der Waals surface area contributed by atoms with Gasteiger partial charge in [-0.1, -0.05) is 36.4 Å². The van der Waals surface area contributed by atoms with Gasteiger partial charge < -0.3 is 24.1 Å². The number of halogens is 3. The molecule has 0 N–H and O–H groups in total. The largest absolute Gasteiger partial charge is 0.542 e. The number of aliphatic carboxylic acids is 1. The van der Waals surface area contributed by atoms with E-state index in [2.05, 4.69) is 48.9 Å². The van der Waals surface area contributed by atoms with Crippen LogP contribution in [-0.2, 0) is 24.5 Å². The van der Waals surface area contributed by atoms with Gasteiger partial charge in [0.25, 0.3) is 0 Å². The first kappa shape index (κ1) is 28.0. The number of carbonyl (C=O) groups excluding carboxylic acids is 2. The molecule has 0 aromatic heterocycles. The van der Waals surface area contributed by atoms with Crippen molar-refractivity contribution in [3.05, 3.63) is 60.2 Å². The van der Waals surface area contributed by atoms with Crippen LogP contribution in [0, 0.1) is 0 Å². The number of alkyl halides is 3. The maximum Gasteiger partial charge on any atom is 0.430 e. The van der Waals surface area contributed by atoms with Gasteiger partial charge in [-0.05, 0) is 26.0 Å². The van der Waals surface area contributed by atoms with E-state index in [4.69, 9.17) is 24.1 Å². The van der Waals surface area contributed by atoms with E-state index in [0.717, 1.165) is 6.54 Å². The number of fused-ring (bicyclic) bond motifs is 1. The standard InChI is InChI=1S/C23H28NO4.C2HF3O2/c1-23(2)18-24(21-11-7-6-10-20(21)23)13-15-27-17-16-26-14-12-22(25)28-19-8-4-3-5-9-19;3-2(4,5)1(6)7/h3-11,18H,12-17H2,1-2H3;(H,6,7)/q+1;/p-1. The molecule has 7 nitrogen and oxygen atoms in total. The minimum atomic E-state index is -5.19. The van der Waals surface area contributed by atoms with Gasteiger partial charge in [0, 0.05) is 11.6 Å². The van der Waals surface area contributed by atoms with E-state index in [1.54, 1.807) is 12.1 Å². The Labute approximate surface area is 201 Å². The molecule has 3 rings (SSSR count). The SMILES string of the molecule is CC1(C)C=[N+](CCOCCOCCC(=O)Oc2ccccc2)c2ccccc21.O=C([O-])C(F)(F)F. The predicted molar refractivity (Wildman–Crippen MR) is 120 cm³/mol. The topological polar surface area (TPSA) is 87.9 Å². The van der Waals surface area contributed by atoms with Gasteiger partial charge >= 0.3 is 12.1 Å². The Morgan fingerprint density at radius 1 is 0.914 bits per heavy atom. The lowest BCUT2D eigenvalue weighted by atomic mass is 9.87. The van der Waals surface area contributed by atoms with Crippen LogP contribution in [0.5, 0.6) is 5.75 Å². The summed E-state index contributed by atoms with van der Waals surface area (Å²) in [5.41, 5.74) is 2.65. The minimum Gasteiger partial charge on any atom is -0.542 e. The van der Waals surface area contributed by atoms with E-state index in [1.807, 2.05) is 18.2 Å². The summed E-state index contributed by atoms with van der Waals surface area (Å²) in [4.78, 5) is 20.5. The molecule has 0 spiro atoms. The average molecular weight is 495 g/mol. The van der Waals surface area contributed by atoms with Crippen molar-refractivity contribution >= 4 is 23.8 Å². The second-order valence-electron chi connectivity index (χ2n) is 8.11. The van der Waals surface area contributed by atoms with Gasteiger partial charge in [0.2, 0.25) is 5.69 Å². The van der Waals surface area contributed by atoms with Crippen LogP contribution in [0.4, 0.5) is 18.9 Å². The van der Waals surface area contributed by atoms with Gasteiger partial charge in [0.15, 0.2) is 12.8 Å². The molecule has 0 radical (unpaired) electrons. The normalized spacial score (nSPS) is 13.8. The van der Waals surface area contributed by atoms with Gasteiger partial charge in [-0.25, -0.2) is 0 Å². The summed E-state index contributed by atoms with van der Waals surface area (Å²) in [6.45, 7) is 7.18. The van der Waals surface area contributed by atoms with Gasteiger partial charge in [0.1, 0.15) is 18.3 Å². The van der Waals surface area contributed by atoms with E-state index >= 15 is 0 Å². The highest BCUT2D eigenvalue weighted by molar-refractivity contribution is 5.76. The molecule has 0 amide bonds. The van der Waals surface area contributed by atoms with Crippen molar-refractivity contribution in [2.75, 3.05) is 33.0 Å². The smallest absolute Gasteiger partial charge is 0.430 e. The first-order chi connectivity index (χ1) is 16.5. The summed E-state index contributed by atoms with van der Waals surface area (Å²) >= 11 is 0. The van der Waals surface area contributed by atoms with Crippen LogP contribution in [0.15, 0.2) is 54.6 Å². The molecule has 1 aliphatic rings. The molecule has 0 saturated heterocycles. The van der Waals surface area contributed by atoms with Crippen LogP contribution in [0.1, 0.15) is 25.8 Å². The van der Waals surface area contributed by atoms with E-state index in [9.17, 15) is 18.0 Å². The third-order valence-corrected chi connectivity index (χ3v) is 4.89. The van der Waals surface area contributed by atoms with Gasteiger partial charge in [-0.2, -0.15) is 17.7 Å². The number of carbonyl (C=O) groups is 2. The summed E-state index contributed by atoms with van der Waals surface area (Å²) in [5, 5.41) is 8.78. The highest BCUT2D eigenvalue weighted by atomic mass is 19.4. The Morgan fingerprint density at radius 3 is 2.11 bits per heavy atom. The van der Waals surface area contributed by atoms with Crippen molar-refractivity contribution in [3.63, 3.8) is 0 Å². The van der Waals surface area contributed by atoms with Crippen LogP contribution < -0.4 is 9.84 Å². The maximum atomic E-state index is 11.7. The lowest BCUT2D eigenvalue weighted by molar-refractivity contribution is -0.438. The van der Waals surface area contributed by atoms with Crippen molar-refractivity contribution < 1.29 is 46.7 Å². The summed E-state index contributed by atoms with van der Waals surface area (Å²) in [7, 11) is 0. The molecular weight excluding hydrogens is 467 g/mol. The number of nitrogens with zero attached hydrogens (tertiary/aromatic N) is 1. The fourth-order valence-corrected chi connectivity index (χ4v) is 3.29. The molecule has 0 bridgehead atoms. The molecule has 0 saturated carbocycles. The molecule has 190 valence electrons. The monoisotopic (exact) mass is 495 g/mol. The first-order valence-corrected chi connectivity index (χ1v) is 10.9. The van der Waals surface area contributed by atoms with Crippen LogP contribution in [-0.4, -0.2) is 61.9 Å². The summed E-state index contributed by atoms with van der Waals surface area (Å²) in [5.74, 6) is -2.75. The Bertz CT molecular complexity index is 1010. The van der Waals surface area contributed by atoms with Gasteiger partial charge in [-0.3, -0.25) is 4.79 Å². The summed E-state index contributed by atoms with van der Waals surface area (Å²) in [6.07, 6.45) is -2.71. The highest BCUT2D eigenvalue weighted by Gasteiger charge is 2.36. The van der Waals surface area contributed by atoms with Crippen molar-refractivity contribution in [2.24, 2.45) is 0 Å². The zero-order valence-electron chi connectivity index (χ0n) is 19.5. The Balaban J connectivity index is 0.000000540. The van der Waals surface area contributed by atoms with Crippen LogP contribution in [0.25, 0.3) is 0 Å². The fraction of sp³-hybridized carbons (Fsp3) is 0.400. The highest BCUT2D eigenvalue weighted by Crippen LogP contribution is 2.35. The number of carboxylic acids is 1. The molecule has 1 heterocycles. The minimum absolute atomic E-state index is 0.0497. The van der Waals surface area contributed by atoms with Gasteiger partial charge in [0.05, 0.1) is 31.7 Å². The molecule has 0 fully saturated rings. The lowest BCUT2D eigenvalue weighted by Crippen LogP contribution is -2.37. The number of rotatable bonds is 10. The number of esters is 1. The molecule has 2 aromatic rings. The van der Waals surface area contributed by atoms with Crippen molar-refractivity contribution in [1.82, 2.24) is 0 Å². The zero-order chi connectivity index (χ0) is 25.9. The molecule has 2 aromatic carbocycles.